The molecule has 0 aliphatic heterocycles. The zero-order valence-corrected chi connectivity index (χ0v) is 13.7. The molecule has 1 heterocycles. The second-order valence-electron chi connectivity index (χ2n) is 5.02. The van der Waals surface area contributed by atoms with Crippen LogP contribution in [0.15, 0.2) is 29.2 Å². The van der Waals surface area contributed by atoms with Crippen molar-refractivity contribution in [3.8, 4) is 0 Å². The van der Waals surface area contributed by atoms with Crippen LogP contribution in [0, 0.1) is 6.92 Å². The zero-order valence-electron chi connectivity index (χ0n) is 11.4. The second-order valence-corrected chi connectivity index (χ2v) is 7.67. The fourth-order valence-electron chi connectivity index (χ4n) is 1.94. The van der Waals surface area contributed by atoms with Crippen molar-refractivity contribution in [1.82, 2.24) is 10.3 Å². The molecule has 1 saturated carbocycles. The number of hydrogen-bond donors (Lipinski definition) is 1. The molecule has 0 amide bonds. The molecule has 1 aromatic heterocycles. The van der Waals surface area contributed by atoms with E-state index in [1.54, 1.807) is 11.8 Å². The van der Waals surface area contributed by atoms with Gasteiger partial charge in [0.2, 0.25) is 0 Å². The van der Waals surface area contributed by atoms with Gasteiger partial charge in [0.05, 0.1) is 11.4 Å². The van der Waals surface area contributed by atoms with Crippen molar-refractivity contribution in [2.75, 3.05) is 0 Å². The van der Waals surface area contributed by atoms with Gasteiger partial charge in [0.25, 0.3) is 0 Å². The second kappa shape index (κ2) is 6.48. The molecule has 0 radical (unpaired) electrons. The molecule has 2 aromatic rings. The minimum atomic E-state index is 0.751. The minimum Gasteiger partial charge on any atom is -0.309 e. The van der Waals surface area contributed by atoms with Crippen LogP contribution in [0.3, 0.4) is 0 Å². The minimum absolute atomic E-state index is 0.751. The summed E-state index contributed by atoms with van der Waals surface area (Å²) in [6.45, 7) is 3.07. The van der Waals surface area contributed by atoms with Gasteiger partial charge in [-0.25, -0.2) is 4.98 Å². The standard InChI is InChI=1S/C15H17ClN2S2/c1-10-14(8-17-12-5-6-12)20-15(18-10)9-19-13-4-2-3-11(16)7-13/h2-4,7,12,17H,5-6,8-9H2,1H3. The van der Waals surface area contributed by atoms with Gasteiger partial charge in [-0.15, -0.1) is 23.1 Å². The molecule has 2 nitrogen and oxygen atoms in total. The first-order valence-corrected chi connectivity index (χ1v) is 8.95. The maximum atomic E-state index is 6.00. The van der Waals surface area contributed by atoms with Crippen molar-refractivity contribution in [3.05, 3.63) is 44.9 Å². The lowest BCUT2D eigenvalue weighted by atomic mass is 10.4. The average Bonchev–Trinajstić information content (AvgIpc) is 3.18. The van der Waals surface area contributed by atoms with E-state index < -0.39 is 0 Å². The molecule has 1 fully saturated rings. The predicted molar refractivity (Wildman–Crippen MR) is 87.7 cm³/mol. The molecule has 0 spiro atoms. The van der Waals surface area contributed by atoms with Gasteiger partial charge in [-0.05, 0) is 38.0 Å². The van der Waals surface area contributed by atoms with Crippen molar-refractivity contribution in [1.29, 1.82) is 0 Å². The molecule has 0 saturated heterocycles. The summed E-state index contributed by atoms with van der Waals surface area (Å²) in [6, 6.07) is 8.74. The van der Waals surface area contributed by atoms with Crippen LogP contribution in [0.4, 0.5) is 0 Å². The predicted octanol–water partition coefficient (Wildman–Crippen LogP) is 4.65. The Labute approximate surface area is 133 Å². The van der Waals surface area contributed by atoms with Gasteiger partial charge in [0, 0.05) is 27.4 Å². The number of aryl methyl sites for hydroxylation is 1. The van der Waals surface area contributed by atoms with Crippen molar-refractivity contribution in [3.63, 3.8) is 0 Å². The van der Waals surface area contributed by atoms with Gasteiger partial charge in [-0.1, -0.05) is 17.7 Å². The molecular weight excluding hydrogens is 308 g/mol. The molecule has 1 aliphatic carbocycles. The third-order valence-corrected chi connectivity index (χ3v) is 5.80. The maximum absolute atomic E-state index is 6.00. The Morgan fingerprint density at radius 2 is 2.30 bits per heavy atom. The summed E-state index contributed by atoms with van der Waals surface area (Å²) in [7, 11) is 0. The molecule has 0 bridgehead atoms. The third-order valence-electron chi connectivity index (χ3n) is 3.22. The van der Waals surface area contributed by atoms with Gasteiger partial charge in [0.15, 0.2) is 0 Å². The number of thioether (sulfide) groups is 1. The topological polar surface area (TPSA) is 24.9 Å². The van der Waals surface area contributed by atoms with Gasteiger partial charge < -0.3 is 5.32 Å². The molecule has 106 valence electrons. The molecule has 3 rings (SSSR count). The van der Waals surface area contributed by atoms with E-state index in [-0.39, 0.29) is 0 Å². The summed E-state index contributed by atoms with van der Waals surface area (Å²) in [5.41, 5.74) is 1.17. The van der Waals surface area contributed by atoms with Crippen LogP contribution in [0.1, 0.15) is 28.4 Å². The Kier molecular flexibility index (Phi) is 4.66. The summed E-state index contributed by atoms with van der Waals surface area (Å²) in [4.78, 5) is 7.24. The first-order chi connectivity index (χ1) is 9.70. The molecular formula is C15H17ClN2S2. The molecule has 1 aromatic carbocycles. The van der Waals surface area contributed by atoms with Crippen molar-refractivity contribution in [2.24, 2.45) is 0 Å². The number of hydrogen-bond acceptors (Lipinski definition) is 4. The Hall–Kier alpha value is -0.550. The van der Waals surface area contributed by atoms with Crippen LogP contribution in [0.5, 0.6) is 0 Å². The lowest BCUT2D eigenvalue weighted by molar-refractivity contribution is 0.691. The number of benzene rings is 1. The number of halogens is 1. The van der Waals surface area contributed by atoms with Crippen LogP contribution >= 0.6 is 34.7 Å². The monoisotopic (exact) mass is 324 g/mol. The number of rotatable bonds is 6. The van der Waals surface area contributed by atoms with E-state index in [0.29, 0.717) is 0 Å². The Balaban J connectivity index is 1.58. The van der Waals surface area contributed by atoms with E-state index >= 15 is 0 Å². The van der Waals surface area contributed by atoms with Crippen LogP contribution in [0.25, 0.3) is 0 Å². The Morgan fingerprint density at radius 1 is 1.45 bits per heavy atom. The largest absolute Gasteiger partial charge is 0.309 e. The first-order valence-electron chi connectivity index (χ1n) is 6.77. The number of nitrogens with one attached hydrogen (secondary N) is 1. The third kappa shape index (κ3) is 3.98. The number of nitrogens with zero attached hydrogens (tertiary/aromatic N) is 1. The number of aromatic nitrogens is 1. The average molecular weight is 325 g/mol. The fourth-order valence-corrected chi connectivity index (χ4v) is 4.16. The quantitative estimate of drug-likeness (QED) is 0.783. The van der Waals surface area contributed by atoms with Crippen LogP contribution in [0.2, 0.25) is 5.02 Å². The lowest BCUT2D eigenvalue weighted by Gasteiger charge is -2.00. The number of thiazole rings is 1. The molecule has 5 heteroatoms. The van der Waals surface area contributed by atoms with E-state index in [0.717, 1.165) is 23.4 Å². The fraction of sp³-hybridized carbons (Fsp3) is 0.400. The van der Waals surface area contributed by atoms with Gasteiger partial charge in [0.1, 0.15) is 5.01 Å². The van der Waals surface area contributed by atoms with Gasteiger partial charge >= 0.3 is 0 Å². The molecule has 20 heavy (non-hydrogen) atoms. The van der Waals surface area contributed by atoms with E-state index in [9.17, 15) is 0 Å². The van der Waals surface area contributed by atoms with Gasteiger partial charge in [-0.2, -0.15) is 0 Å². The normalized spacial score (nSPS) is 14.7. The van der Waals surface area contributed by atoms with Crippen molar-refractivity contribution in [2.45, 2.75) is 43.0 Å². The van der Waals surface area contributed by atoms with E-state index in [1.165, 1.54) is 33.3 Å². The highest BCUT2D eigenvalue weighted by atomic mass is 35.5. The van der Waals surface area contributed by atoms with Gasteiger partial charge in [-0.3, -0.25) is 0 Å². The smallest absolute Gasteiger partial charge is 0.103 e. The van der Waals surface area contributed by atoms with Crippen molar-refractivity contribution < 1.29 is 0 Å². The maximum Gasteiger partial charge on any atom is 0.103 e. The van der Waals surface area contributed by atoms with Crippen LogP contribution in [-0.2, 0) is 12.3 Å². The van der Waals surface area contributed by atoms with Crippen LogP contribution in [-0.4, -0.2) is 11.0 Å². The van der Waals surface area contributed by atoms with E-state index in [4.69, 9.17) is 11.6 Å². The Morgan fingerprint density at radius 3 is 3.05 bits per heavy atom. The summed E-state index contributed by atoms with van der Waals surface area (Å²) in [5, 5.41) is 5.54. The highest BCUT2D eigenvalue weighted by Gasteiger charge is 2.21. The Bertz CT molecular complexity index is 593. The molecule has 1 aliphatic rings. The first kappa shape index (κ1) is 14.4. The highest BCUT2D eigenvalue weighted by Crippen LogP contribution is 2.29. The van der Waals surface area contributed by atoms with Crippen molar-refractivity contribution >= 4 is 34.7 Å². The highest BCUT2D eigenvalue weighted by molar-refractivity contribution is 7.98. The van der Waals surface area contributed by atoms with E-state index in [2.05, 4.69) is 23.3 Å². The lowest BCUT2D eigenvalue weighted by Crippen LogP contribution is -2.14. The molecule has 0 unspecified atom stereocenters. The zero-order chi connectivity index (χ0) is 13.9. The SMILES string of the molecule is Cc1nc(CSc2cccc(Cl)c2)sc1CNC1CC1. The molecule has 1 N–H and O–H groups in total. The van der Waals surface area contributed by atoms with Crippen LogP contribution < -0.4 is 5.32 Å². The summed E-state index contributed by atoms with van der Waals surface area (Å²) >= 11 is 9.61. The summed E-state index contributed by atoms with van der Waals surface area (Å²) < 4.78 is 0. The van der Waals surface area contributed by atoms with E-state index in [1.807, 2.05) is 29.5 Å². The summed E-state index contributed by atoms with van der Waals surface area (Å²) in [5.74, 6) is 0.912. The summed E-state index contributed by atoms with van der Waals surface area (Å²) in [6.07, 6.45) is 2.66. The molecule has 0 atom stereocenters.